The maximum absolute atomic E-state index is 12.1. The molecular formula is C22H31N7O2. The SMILES string of the molecule is CCc1cnn2c(NCc3ccn(CC)c(=O)c3)nc(N[C@H]3CCCC[C@H]3CO)nc12. The Kier molecular flexibility index (Phi) is 6.50. The molecule has 31 heavy (non-hydrogen) atoms. The van der Waals surface area contributed by atoms with Gasteiger partial charge in [0.1, 0.15) is 0 Å². The summed E-state index contributed by atoms with van der Waals surface area (Å²) < 4.78 is 3.37. The van der Waals surface area contributed by atoms with Crippen LogP contribution in [0.3, 0.4) is 0 Å². The average Bonchev–Trinajstić information content (AvgIpc) is 3.21. The topological polar surface area (TPSA) is 109 Å². The first-order valence-corrected chi connectivity index (χ1v) is 11.2. The molecule has 0 radical (unpaired) electrons. The highest BCUT2D eigenvalue weighted by Gasteiger charge is 2.25. The molecule has 4 rings (SSSR count). The van der Waals surface area contributed by atoms with Crippen LogP contribution in [0.25, 0.3) is 5.65 Å². The van der Waals surface area contributed by atoms with Crippen LogP contribution in [0.15, 0.2) is 29.3 Å². The number of aromatic nitrogens is 5. The van der Waals surface area contributed by atoms with E-state index in [0.717, 1.165) is 48.9 Å². The van der Waals surface area contributed by atoms with E-state index in [1.807, 2.05) is 25.4 Å². The Morgan fingerprint density at radius 1 is 1.23 bits per heavy atom. The van der Waals surface area contributed by atoms with Crippen LogP contribution < -0.4 is 16.2 Å². The van der Waals surface area contributed by atoms with Crippen molar-refractivity contribution in [1.82, 2.24) is 24.1 Å². The van der Waals surface area contributed by atoms with Crippen LogP contribution in [-0.2, 0) is 19.5 Å². The van der Waals surface area contributed by atoms with E-state index < -0.39 is 0 Å². The van der Waals surface area contributed by atoms with Gasteiger partial charge in [-0.1, -0.05) is 19.8 Å². The van der Waals surface area contributed by atoms with Gasteiger partial charge in [0.25, 0.3) is 5.56 Å². The van der Waals surface area contributed by atoms with Gasteiger partial charge in [-0.05, 0) is 37.8 Å². The molecule has 1 saturated carbocycles. The third-order valence-corrected chi connectivity index (χ3v) is 6.13. The Hall–Kier alpha value is -2.94. The Bertz CT molecular complexity index is 1090. The molecule has 0 amide bonds. The number of aliphatic hydroxyl groups is 1. The molecule has 9 nitrogen and oxygen atoms in total. The van der Waals surface area contributed by atoms with Gasteiger partial charge in [-0.15, -0.1) is 0 Å². The summed E-state index contributed by atoms with van der Waals surface area (Å²) in [6.07, 6.45) is 8.74. The Labute approximate surface area is 181 Å². The van der Waals surface area contributed by atoms with Crippen molar-refractivity contribution < 1.29 is 5.11 Å². The van der Waals surface area contributed by atoms with Crippen molar-refractivity contribution in [2.45, 2.75) is 65.1 Å². The molecule has 0 spiro atoms. The lowest BCUT2D eigenvalue weighted by Crippen LogP contribution is -2.35. The number of hydrogen-bond donors (Lipinski definition) is 3. The summed E-state index contributed by atoms with van der Waals surface area (Å²) >= 11 is 0. The molecule has 1 aliphatic carbocycles. The smallest absolute Gasteiger partial charge is 0.250 e. The lowest BCUT2D eigenvalue weighted by atomic mass is 9.85. The summed E-state index contributed by atoms with van der Waals surface area (Å²) in [6.45, 7) is 5.29. The lowest BCUT2D eigenvalue weighted by Gasteiger charge is -2.30. The highest BCUT2D eigenvalue weighted by atomic mass is 16.3. The summed E-state index contributed by atoms with van der Waals surface area (Å²) in [7, 11) is 0. The molecule has 0 unspecified atom stereocenters. The minimum absolute atomic E-state index is 0.0170. The van der Waals surface area contributed by atoms with E-state index in [9.17, 15) is 9.90 Å². The number of aryl methyl sites for hydroxylation is 2. The van der Waals surface area contributed by atoms with Gasteiger partial charge >= 0.3 is 0 Å². The monoisotopic (exact) mass is 425 g/mol. The fourth-order valence-corrected chi connectivity index (χ4v) is 4.23. The molecule has 0 bridgehead atoms. The van der Waals surface area contributed by atoms with Crippen molar-refractivity contribution in [2.24, 2.45) is 5.92 Å². The second kappa shape index (κ2) is 9.47. The second-order valence-corrected chi connectivity index (χ2v) is 8.12. The number of aliphatic hydroxyl groups excluding tert-OH is 1. The number of pyridine rings is 1. The molecule has 0 aliphatic heterocycles. The summed E-state index contributed by atoms with van der Waals surface area (Å²) in [4.78, 5) is 21.5. The molecule has 0 saturated heterocycles. The van der Waals surface area contributed by atoms with E-state index in [1.54, 1.807) is 15.1 Å². The maximum atomic E-state index is 12.1. The van der Waals surface area contributed by atoms with E-state index in [-0.39, 0.29) is 24.1 Å². The third-order valence-electron chi connectivity index (χ3n) is 6.13. The van der Waals surface area contributed by atoms with Crippen LogP contribution in [0.1, 0.15) is 50.7 Å². The molecule has 3 aromatic heterocycles. The van der Waals surface area contributed by atoms with E-state index in [2.05, 4.69) is 27.6 Å². The van der Waals surface area contributed by atoms with Crippen molar-refractivity contribution in [2.75, 3.05) is 17.2 Å². The molecule has 3 heterocycles. The van der Waals surface area contributed by atoms with Crippen LogP contribution in [0.5, 0.6) is 0 Å². The fourth-order valence-electron chi connectivity index (χ4n) is 4.23. The Morgan fingerprint density at radius 3 is 2.81 bits per heavy atom. The zero-order chi connectivity index (χ0) is 21.8. The first-order chi connectivity index (χ1) is 15.1. The van der Waals surface area contributed by atoms with E-state index >= 15 is 0 Å². The third kappa shape index (κ3) is 4.56. The normalized spacial score (nSPS) is 18.9. The Morgan fingerprint density at radius 2 is 2.06 bits per heavy atom. The van der Waals surface area contributed by atoms with Crippen LogP contribution in [0.4, 0.5) is 11.9 Å². The molecule has 3 aromatic rings. The van der Waals surface area contributed by atoms with Gasteiger partial charge in [-0.3, -0.25) is 4.79 Å². The molecule has 9 heteroatoms. The van der Waals surface area contributed by atoms with E-state index in [4.69, 9.17) is 4.98 Å². The fraction of sp³-hybridized carbons (Fsp3) is 0.545. The average molecular weight is 426 g/mol. The van der Waals surface area contributed by atoms with Gasteiger partial charge < -0.3 is 20.3 Å². The molecular weight excluding hydrogens is 394 g/mol. The highest BCUT2D eigenvalue weighted by molar-refractivity contribution is 5.54. The number of fused-ring (bicyclic) bond motifs is 1. The lowest BCUT2D eigenvalue weighted by molar-refractivity contribution is 0.178. The molecule has 3 N–H and O–H groups in total. The molecule has 1 aliphatic rings. The van der Waals surface area contributed by atoms with Crippen LogP contribution in [0.2, 0.25) is 0 Å². The first kappa shape index (κ1) is 21.3. The summed E-state index contributed by atoms with van der Waals surface area (Å²) in [5.41, 5.74) is 2.67. The van der Waals surface area contributed by atoms with Crippen LogP contribution in [0, 0.1) is 5.92 Å². The number of nitrogens with one attached hydrogen (secondary N) is 2. The number of hydrogen-bond acceptors (Lipinski definition) is 7. The van der Waals surface area contributed by atoms with Crippen LogP contribution >= 0.6 is 0 Å². The maximum Gasteiger partial charge on any atom is 0.250 e. The summed E-state index contributed by atoms with van der Waals surface area (Å²) in [5.74, 6) is 1.32. The van der Waals surface area contributed by atoms with Crippen molar-refractivity contribution in [3.63, 3.8) is 0 Å². The Balaban J connectivity index is 1.61. The number of anilines is 2. The van der Waals surface area contributed by atoms with Crippen molar-refractivity contribution in [1.29, 1.82) is 0 Å². The van der Waals surface area contributed by atoms with E-state index in [1.165, 1.54) is 0 Å². The van der Waals surface area contributed by atoms with Gasteiger partial charge in [-0.25, -0.2) is 0 Å². The molecule has 1 fully saturated rings. The summed E-state index contributed by atoms with van der Waals surface area (Å²) in [5, 5.41) is 21.0. The van der Waals surface area contributed by atoms with Crippen molar-refractivity contribution in [3.05, 3.63) is 46.0 Å². The minimum Gasteiger partial charge on any atom is -0.396 e. The molecule has 166 valence electrons. The van der Waals surface area contributed by atoms with Gasteiger partial charge in [0.2, 0.25) is 11.9 Å². The van der Waals surface area contributed by atoms with Crippen molar-refractivity contribution in [3.8, 4) is 0 Å². The van der Waals surface area contributed by atoms with Gasteiger partial charge in [0.05, 0.1) is 6.20 Å². The quantitative estimate of drug-likeness (QED) is 0.508. The standard InChI is InChI=1S/C22H31N7O2/c1-3-16-13-24-29-20(16)26-21(25-18-8-6-5-7-17(18)14-30)27-22(29)23-12-15-9-10-28(4-2)19(31)11-15/h9-11,13,17-18,30H,3-8,12,14H2,1-2H3,(H2,23,25,26,27)/t17-,18-/m0/s1. The molecule has 0 aromatic carbocycles. The zero-order valence-electron chi connectivity index (χ0n) is 18.2. The summed E-state index contributed by atoms with van der Waals surface area (Å²) in [6, 6.07) is 3.73. The zero-order valence-corrected chi connectivity index (χ0v) is 18.2. The second-order valence-electron chi connectivity index (χ2n) is 8.12. The largest absolute Gasteiger partial charge is 0.396 e. The minimum atomic E-state index is -0.0170. The van der Waals surface area contributed by atoms with Gasteiger partial charge in [-0.2, -0.15) is 19.6 Å². The van der Waals surface area contributed by atoms with Crippen LogP contribution in [-0.4, -0.2) is 41.9 Å². The van der Waals surface area contributed by atoms with E-state index in [0.29, 0.717) is 25.0 Å². The highest BCUT2D eigenvalue weighted by Crippen LogP contribution is 2.27. The van der Waals surface area contributed by atoms with Crippen molar-refractivity contribution >= 4 is 17.5 Å². The molecule has 2 atom stereocenters. The predicted molar refractivity (Wildman–Crippen MR) is 120 cm³/mol. The van der Waals surface area contributed by atoms with Gasteiger partial charge in [0.15, 0.2) is 5.65 Å². The van der Waals surface area contributed by atoms with Gasteiger partial charge in [0, 0.05) is 49.5 Å². The number of rotatable bonds is 8. The number of nitrogens with zero attached hydrogens (tertiary/aromatic N) is 5. The predicted octanol–water partition coefficient (Wildman–Crippen LogP) is 2.44. The first-order valence-electron chi connectivity index (χ1n) is 11.2.